The molecule has 1 spiro atoms. The molecule has 0 amide bonds. The molecule has 11 atom stereocenters. The Labute approximate surface area is 272 Å². The molecule has 1 aromatic carbocycles. The molecule has 47 heavy (non-hydrogen) atoms. The van der Waals surface area contributed by atoms with Crippen LogP contribution in [0.5, 0.6) is 0 Å². The molecule has 2 aliphatic carbocycles. The first kappa shape index (κ1) is 31.8. The highest BCUT2D eigenvalue weighted by Crippen LogP contribution is 2.76. The molecule has 2 aromatic rings. The van der Waals surface area contributed by atoms with Crippen molar-refractivity contribution in [3.63, 3.8) is 0 Å². The van der Waals surface area contributed by atoms with Gasteiger partial charge in [0.1, 0.15) is 23.9 Å². The van der Waals surface area contributed by atoms with Gasteiger partial charge in [-0.3, -0.25) is 4.79 Å². The smallest absolute Gasteiger partial charge is 0.335 e. The second-order valence-electron chi connectivity index (χ2n) is 14.6. The molecule has 3 aliphatic heterocycles. The minimum atomic E-state index is -2.12. The van der Waals surface area contributed by atoms with Crippen LogP contribution in [-0.4, -0.2) is 71.0 Å². The molecular formula is C36H40O11. The third kappa shape index (κ3) is 4.03. The standard InChI is InChI=1S/C36H40O11/c1-19-22-16-33(4)28(21-14-15-43-18-21)45-24(38)17-35(19,33)47-30-25(39)29(44-23(37)13-12-20-10-8-7-9-11-20)32(2,3)27-26(31(40)42-6)46-36(22,41)34(27,30)5/h7-15,18,22,25-30,39,41H,1,16-17H2,2-6H3/b13-12+/t22-,25-,26?,27-,28-,29+,30-,33-,34+,35-,36+/m0/s1. The predicted molar refractivity (Wildman–Crippen MR) is 164 cm³/mol. The Hall–Kier alpha value is -3.77. The Bertz CT molecular complexity index is 1650. The molecular weight excluding hydrogens is 608 g/mol. The van der Waals surface area contributed by atoms with Gasteiger partial charge in [-0.25, -0.2) is 9.59 Å². The molecule has 3 saturated heterocycles. The number of fused-ring (bicyclic) bond motifs is 2. The molecule has 7 rings (SSSR count). The first-order chi connectivity index (χ1) is 22.2. The number of rotatable bonds is 5. The van der Waals surface area contributed by atoms with Crippen LogP contribution in [0.4, 0.5) is 0 Å². The third-order valence-electron chi connectivity index (χ3n) is 12.0. The van der Waals surface area contributed by atoms with Crippen molar-refractivity contribution in [1.82, 2.24) is 0 Å². The van der Waals surface area contributed by atoms with E-state index in [-0.39, 0.29) is 12.8 Å². The molecule has 11 heteroatoms. The van der Waals surface area contributed by atoms with Gasteiger partial charge in [-0.05, 0) is 29.7 Å². The maximum absolute atomic E-state index is 13.5. The topological polar surface area (TPSA) is 151 Å². The van der Waals surface area contributed by atoms with E-state index in [9.17, 15) is 24.6 Å². The first-order valence-corrected chi connectivity index (χ1v) is 15.8. The lowest BCUT2D eigenvalue weighted by Crippen LogP contribution is -2.72. The van der Waals surface area contributed by atoms with E-state index in [0.29, 0.717) is 11.1 Å². The van der Waals surface area contributed by atoms with E-state index < -0.39 is 87.9 Å². The molecule has 2 bridgehead atoms. The van der Waals surface area contributed by atoms with Gasteiger partial charge in [-0.15, -0.1) is 0 Å². The largest absolute Gasteiger partial charge is 0.472 e. The summed E-state index contributed by atoms with van der Waals surface area (Å²) in [5.74, 6) is -5.85. The van der Waals surface area contributed by atoms with E-state index in [1.165, 1.54) is 25.7 Å². The van der Waals surface area contributed by atoms with Gasteiger partial charge in [0.25, 0.3) is 0 Å². The van der Waals surface area contributed by atoms with Crippen molar-refractivity contribution in [3.05, 3.63) is 78.3 Å². The summed E-state index contributed by atoms with van der Waals surface area (Å²) in [6, 6.07) is 10.9. The van der Waals surface area contributed by atoms with Gasteiger partial charge in [-0.1, -0.05) is 64.6 Å². The van der Waals surface area contributed by atoms with E-state index in [4.69, 9.17) is 28.1 Å². The summed E-state index contributed by atoms with van der Waals surface area (Å²) in [6.45, 7) is 11.5. The summed E-state index contributed by atoms with van der Waals surface area (Å²) < 4.78 is 36.0. The van der Waals surface area contributed by atoms with Crippen LogP contribution >= 0.6 is 0 Å². The molecule has 0 radical (unpaired) electrons. The van der Waals surface area contributed by atoms with Crippen molar-refractivity contribution in [2.24, 2.45) is 28.1 Å². The molecule has 2 N–H and O–H groups in total. The normalized spacial score (nSPS) is 43.1. The number of hydrogen-bond acceptors (Lipinski definition) is 11. The summed E-state index contributed by atoms with van der Waals surface area (Å²) in [4.78, 5) is 40.2. The van der Waals surface area contributed by atoms with Crippen molar-refractivity contribution in [2.75, 3.05) is 7.11 Å². The lowest BCUT2D eigenvalue weighted by Gasteiger charge is -2.61. The molecule has 1 aromatic heterocycles. The average Bonchev–Trinajstić information content (AvgIpc) is 3.70. The maximum atomic E-state index is 13.5. The van der Waals surface area contributed by atoms with Gasteiger partial charge in [0.05, 0.1) is 37.6 Å². The van der Waals surface area contributed by atoms with Crippen molar-refractivity contribution in [1.29, 1.82) is 0 Å². The van der Waals surface area contributed by atoms with E-state index >= 15 is 0 Å². The highest BCUT2D eigenvalue weighted by molar-refractivity contribution is 5.87. The average molecular weight is 649 g/mol. The number of ether oxygens (including phenoxy) is 5. The zero-order chi connectivity index (χ0) is 33.7. The van der Waals surface area contributed by atoms with Gasteiger partial charge in [-0.2, -0.15) is 0 Å². The van der Waals surface area contributed by atoms with Crippen molar-refractivity contribution in [3.8, 4) is 0 Å². The van der Waals surface area contributed by atoms with E-state index in [0.717, 1.165) is 5.56 Å². The lowest BCUT2D eigenvalue weighted by molar-refractivity contribution is -0.336. The second-order valence-corrected chi connectivity index (χ2v) is 14.6. The van der Waals surface area contributed by atoms with Crippen molar-refractivity contribution < 1.29 is 52.7 Å². The van der Waals surface area contributed by atoms with Crippen LogP contribution in [0.1, 0.15) is 57.8 Å². The first-order valence-electron chi connectivity index (χ1n) is 15.8. The van der Waals surface area contributed by atoms with E-state index in [2.05, 4.69) is 6.58 Å². The number of aliphatic hydroxyl groups excluding tert-OH is 1. The van der Waals surface area contributed by atoms with E-state index in [1.54, 1.807) is 32.9 Å². The number of aliphatic hydroxyl groups is 2. The van der Waals surface area contributed by atoms with Crippen LogP contribution in [0.3, 0.4) is 0 Å². The van der Waals surface area contributed by atoms with Crippen LogP contribution in [0.15, 0.2) is 71.6 Å². The number of hydrogen-bond donors (Lipinski definition) is 2. The Morgan fingerprint density at radius 2 is 1.81 bits per heavy atom. The van der Waals surface area contributed by atoms with E-state index in [1.807, 2.05) is 37.3 Å². The van der Waals surface area contributed by atoms with Gasteiger partial charge in [0, 0.05) is 34.3 Å². The summed E-state index contributed by atoms with van der Waals surface area (Å²) >= 11 is 0. The second kappa shape index (κ2) is 10.4. The van der Waals surface area contributed by atoms with Crippen LogP contribution in [0, 0.1) is 28.1 Å². The Kier molecular flexibility index (Phi) is 7.01. The Morgan fingerprint density at radius 1 is 1.09 bits per heavy atom. The Morgan fingerprint density at radius 3 is 2.47 bits per heavy atom. The lowest BCUT2D eigenvalue weighted by atomic mass is 9.49. The van der Waals surface area contributed by atoms with Crippen LogP contribution in [-0.2, 0) is 38.1 Å². The minimum absolute atomic E-state index is 0.216. The fraction of sp³-hybridized carbons (Fsp3) is 0.528. The highest BCUT2D eigenvalue weighted by Gasteiger charge is 2.84. The quantitative estimate of drug-likeness (QED) is 0.210. The monoisotopic (exact) mass is 648 g/mol. The van der Waals surface area contributed by atoms with Crippen LogP contribution in [0.2, 0.25) is 0 Å². The van der Waals surface area contributed by atoms with Crippen molar-refractivity contribution >= 4 is 24.0 Å². The van der Waals surface area contributed by atoms with Gasteiger partial charge in [0.2, 0.25) is 0 Å². The van der Waals surface area contributed by atoms with Gasteiger partial charge in [0.15, 0.2) is 11.9 Å². The maximum Gasteiger partial charge on any atom is 0.335 e. The number of carbonyl (C=O) groups is 3. The molecule has 5 aliphatic rings. The SMILES string of the molecule is C=C1[C@@H]2C[C@@]3(C)[C@H](c4ccoc4)OC(=O)C[C@]13O[C@H]1[C@@H](O)[C@@H](OC(=O)/C=C/c3ccccc3)C(C)(C)[C@@H]3C(C(=O)OC)O[C@@]2(O)[C@@]13C. The molecule has 250 valence electrons. The Balaban J connectivity index is 1.37. The molecule has 5 fully saturated rings. The highest BCUT2D eigenvalue weighted by atomic mass is 16.7. The zero-order valence-electron chi connectivity index (χ0n) is 27.0. The third-order valence-corrected chi connectivity index (χ3v) is 12.0. The number of esters is 3. The van der Waals surface area contributed by atoms with Crippen LogP contribution in [0.25, 0.3) is 6.08 Å². The van der Waals surface area contributed by atoms with Gasteiger partial charge < -0.3 is 38.3 Å². The zero-order valence-corrected chi connectivity index (χ0v) is 27.0. The van der Waals surface area contributed by atoms with Crippen LogP contribution < -0.4 is 0 Å². The fourth-order valence-electron chi connectivity index (χ4n) is 9.87. The number of benzene rings is 1. The summed E-state index contributed by atoms with van der Waals surface area (Å²) in [6.07, 6.45) is -0.398. The molecule has 2 saturated carbocycles. The number of furan rings is 1. The summed E-state index contributed by atoms with van der Waals surface area (Å²) in [7, 11) is 1.23. The molecule has 11 nitrogen and oxygen atoms in total. The number of carbonyl (C=O) groups excluding carboxylic acids is 3. The fourth-order valence-corrected chi connectivity index (χ4v) is 9.87. The number of cyclic esters (lactones) is 1. The molecule has 4 heterocycles. The predicted octanol–water partition coefficient (Wildman–Crippen LogP) is 3.90. The summed E-state index contributed by atoms with van der Waals surface area (Å²) in [5.41, 5.74) is -3.30. The minimum Gasteiger partial charge on any atom is -0.472 e. The van der Waals surface area contributed by atoms with Crippen molar-refractivity contribution in [2.45, 2.75) is 82.4 Å². The molecule has 1 unspecified atom stereocenters. The van der Waals surface area contributed by atoms with Gasteiger partial charge >= 0.3 is 17.9 Å². The number of methoxy groups -OCH3 is 1. The summed E-state index contributed by atoms with van der Waals surface area (Å²) in [5, 5.41) is 25.3.